The van der Waals surface area contributed by atoms with Crippen molar-refractivity contribution >= 4 is 17.5 Å². The number of aromatic nitrogens is 2. The van der Waals surface area contributed by atoms with Crippen LogP contribution in [0.2, 0.25) is 0 Å². The van der Waals surface area contributed by atoms with Crippen molar-refractivity contribution in [3.8, 4) is 6.07 Å². The van der Waals surface area contributed by atoms with Crippen LogP contribution in [0.25, 0.3) is 0 Å². The molecule has 0 aromatic carbocycles. The summed E-state index contributed by atoms with van der Waals surface area (Å²) in [5.74, 6) is -2.05. The molecular weight excluding hydrogens is 330 g/mol. The zero-order chi connectivity index (χ0) is 17.7. The van der Waals surface area contributed by atoms with Crippen LogP contribution in [0.3, 0.4) is 0 Å². The summed E-state index contributed by atoms with van der Waals surface area (Å²) in [5, 5.41) is 11.9. The molecule has 25 heavy (non-hydrogen) atoms. The Labute approximate surface area is 143 Å². The Balaban J connectivity index is 1.65. The summed E-state index contributed by atoms with van der Waals surface area (Å²) >= 11 is 0. The lowest BCUT2D eigenvalue weighted by atomic mass is 9.74. The standard InChI is InChI=1S/C16H18F2N6O/c17-16(18)9-24(12(25)2-5-19)15(16)4-1-7-23(8-15)14-11-3-6-20-13(11)21-10-22-14/h10H,1-4,6-9H2,(H,20,21,22)/t15-/m0/s1. The van der Waals surface area contributed by atoms with Crippen molar-refractivity contribution in [1.82, 2.24) is 14.9 Å². The van der Waals surface area contributed by atoms with E-state index in [4.69, 9.17) is 5.26 Å². The van der Waals surface area contributed by atoms with E-state index >= 15 is 0 Å². The number of likely N-dealkylation sites (tertiary alicyclic amines) is 1. The molecule has 9 heteroatoms. The van der Waals surface area contributed by atoms with Gasteiger partial charge in [0, 0.05) is 25.2 Å². The predicted molar refractivity (Wildman–Crippen MR) is 85.3 cm³/mol. The molecule has 0 aliphatic carbocycles. The Hall–Kier alpha value is -2.50. The van der Waals surface area contributed by atoms with Gasteiger partial charge in [-0.2, -0.15) is 5.26 Å². The summed E-state index contributed by atoms with van der Waals surface area (Å²) in [7, 11) is 0. The number of carbonyl (C=O) groups is 1. The largest absolute Gasteiger partial charge is 0.369 e. The molecule has 1 N–H and O–H groups in total. The third kappa shape index (κ3) is 2.23. The van der Waals surface area contributed by atoms with E-state index < -0.39 is 23.9 Å². The number of hydrogen-bond acceptors (Lipinski definition) is 6. The van der Waals surface area contributed by atoms with E-state index in [1.807, 2.05) is 4.90 Å². The molecule has 2 saturated heterocycles. The van der Waals surface area contributed by atoms with Crippen LogP contribution in [0.1, 0.15) is 24.8 Å². The fourth-order valence-electron chi connectivity index (χ4n) is 4.19. The number of carbonyl (C=O) groups excluding carboxylic acids is 1. The number of hydrogen-bond donors (Lipinski definition) is 1. The van der Waals surface area contributed by atoms with Crippen molar-refractivity contribution in [2.45, 2.75) is 37.1 Å². The number of rotatable bonds is 2. The quantitative estimate of drug-likeness (QED) is 0.864. The second-order valence-corrected chi connectivity index (χ2v) is 6.78. The van der Waals surface area contributed by atoms with Crippen LogP contribution in [0.15, 0.2) is 6.33 Å². The minimum Gasteiger partial charge on any atom is -0.369 e. The molecule has 0 unspecified atom stereocenters. The van der Waals surface area contributed by atoms with Crippen molar-refractivity contribution in [1.29, 1.82) is 5.26 Å². The smallest absolute Gasteiger partial charge is 0.289 e. The normalized spacial score (nSPS) is 26.6. The van der Waals surface area contributed by atoms with Crippen LogP contribution in [0.5, 0.6) is 0 Å². The van der Waals surface area contributed by atoms with Crippen LogP contribution in [-0.4, -0.2) is 58.4 Å². The Morgan fingerprint density at radius 1 is 1.40 bits per heavy atom. The summed E-state index contributed by atoms with van der Waals surface area (Å²) < 4.78 is 29.1. The van der Waals surface area contributed by atoms with Crippen LogP contribution in [0, 0.1) is 11.3 Å². The number of amides is 1. The highest BCUT2D eigenvalue weighted by molar-refractivity contribution is 5.81. The lowest BCUT2D eigenvalue weighted by Crippen LogP contribution is -2.80. The molecule has 1 aromatic rings. The zero-order valence-electron chi connectivity index (χ0n) is 13.6. The highest BCUT2D eigenvalue weighted by atomic mass is 19.3. The molecule has 1 amide bonds. The molecule has 0 bridgehead atoms. The first-order valence-electron chi connectivity index (χ1n) is 8.36. The van der Waals surface area contributed by atoms with Crippen LogP contribution >= 0.6 is 0 Å². The van der Waals surface area contributed by atoms with Crippen LogP contribution in [0.4, 0.5) is 20.4 Å². The highest BCUT2D eigenvalue weighted by Gasteiger charge is 2.69. The minimum atomic E-state index is -2.95. The average Bonchev–Trinajstić information content (AvgIpc) is 3.08. The molecule has 7 nitrogen and oxygen atoms in total. The molecule has 0 saturated carbocycles. The van der Waals surface area contributed by atoms with Gasteiger partial charge >= 0.3 is 0 Å². The number of halogens is 2. The summed E-state index contributed by atoms with van der Waals surface area (Å²) in [6.45, 7) is 0.788. The fourth-order valence-corrected chi connectivity index (χ4v) is 4.19. The van der Waals surface area contributed by atoms with Crippen molar-refractivity contribution in [3.05, 3.63) is 11.9 Å². The molecule has 3 aliphatic rings. The van der Waals surface area contributed by atoms with Crippen LogP contribution in [-0.2, 0) is 11.2 Å². The van der Waals surface area contributed by atoms with Crippen molar-refractivity contribution in [3.63, 3.8) is 0 Å². The number of piperidine rings is 1. The van der Waals surface area contributed by atoms with Gasteiger partial charge in [0.15, 0.2) is 0 Å². The zero-order valence-corrected chi connectivity index (χ0v) is 13.6. The first-order valence-corrected chi connectivity index (χ1v) is 8.36. The predicted octanol–water partition coefficient (Wildman–Crippen LogP) is 1.17. The SMILES string of the molecule is N#CCC(=O)N1CC(F)(F)[C@@]12CCCN(c1ncnc3c1CCN3)C2. The van der Waals surface area contributed by atoms with E-state index in [9.17, 15) is 13.6 Å². The van der Waals surface area contributed by atoms with Crippen LogP contribution < -0.4 is 10.2 Å². The van der Waals surface area contributed by atoms with E-state index in [1.165, 1.54) is 11.2 Å². The first-order chi connectivity index (χ1) is 12.0. The molecule has 4 heterocycles. The molecule has 132 valence electrons. The van der Waals surface area contributed by atoms with Gasteiger partial charge in [0.1, 0.15) is 29.9 Å². The third-order valence-corrected chi connectivity index (χ3v) is 5.45. The topological polar surface area (TPSA) is 85.2 Å². The molecule has 4 rings (SSSR count). The number of nitrogens with one attached hydrogen (secondary N) is 1. The van der Waals surface area contributed by atoms with Gasteiger partial charge in [-0.05, 0) is 19.3 Å². The molecule has 1 atom stereocenters. The van der Waals surface area contributed by atoms with Gasteiger partial charge in [0.05, 0.1) is 12.6 Å². The second-order valence-electron chi connectivity index (χ2n) is 6.78. The van der Waals surface area contributed by atoms with Gasteiger partial charge in [-0.3, -0.25) is 4.79 Å². The summed E-state index contributed by atoms with van der Waals surface area (Å²) in [5.41, 5.74) is -0.597. The number of alkyl halides is 2. The molecular formula is C16H18F2N6O. The van der Waals surface area contributed by atoms with E-state index in [0.29, 0.717) is 18.8 Å². The van der Waals surface area contributed by atoms with Gasteiger partial charge in [0.2, 0.25) is 5.91 Å². The summed E-state index contributed by atoms with van der Waals surface area (Å²) in [6, 6.07) is 1.76. The fraction of sp³-hybridized carbons (Fsp3) is 0.625. The Morgan fingerprint density at radius 2 is 2.24 bits per heavy atom. The lowest BCUT2D eigenvalue weighted by molar-refractivity contribution is -0.243. The summed E-state index contributed by atoms with van der Waals surface area (Å²) in [4.78, 5) is 23.7. The maximum Gasteiger partial charge on any atom is 0.289 e. The Bertz CT molecular complexity index is 763. The molecule has 1 spiro atoms. The Morgan fingerprint density at radius 3 is 3.00 bits per heavy atom. The number of nitriles is 1. The van der Waals surface area contributed by atoms with Gasteiger partial charge < -0.3 is 15.1 Å². The maximum absolute atomic E-state index is 14.5. The van der Waals surface area contributed by atoms with E-state index in [-0.39, 0.29) is 19.4 Å². The lowest BCUT2D eigenvalue weighted by Gasteiger charge is -2.61. The van der Waals surface area contributed by atoms with E-state index in [2.05, 4.69) is 15.3 Å². The molecule has 3 aliphatic heterocycles. The Kier molecular flexibility index (Phi) is 3.52. The third-order valence-electron chi connectivity index (χ3n) is 5.45. The van der Waals surface area contributed by atoms with Gasteiger partial charge in [-0.1, -0.05) is 0 Å². The van der Waals surface area contributed by atoms with Gasteiger partial charge in [-0.15, -0.1) is 0 Å². The molecule has 0 radical (unpaired) electrons. The maximum atomic E-state index is 14.5. The van der Waals surface area contributed by atoms with Gasteiger partial charge in [-0.25, -0.2) is 18.7 Å². The van der Waals surface area contributed by atoms with Crippen molar-refractivity contribution in [2.24, 2.45) is 0 Å². The van der Waals surface area contributed by atoms with E-state index in [1.54, 1.807) is 6.07 Å². The monoisotopic (exact) mass is 348 g/mol. The summed E-state index contributed by atoms with van der Waals surface area (Å²) in [6.07, 6.45) is 2.59. The first kappa shape index (κ1) is 16.0. The van der Waals surface area contributed by atoms with Crippen molar-refractivity contribution < 1.29 is 13.6 Å². The number of fused-ring (bicyclic) bond motifs is 1. The minimum absolute atomic E-state index is 0.0284. The number of anilines is 2. The number of nitrogens with zero attached hydrogens (tertiary/aromatic N) is 5. The molecule has 1 aromatic heterocycles. The van der Waals surface area contributed by atoms with Crippen molar-refractivity contribution in [2.75, 3.05) is 36.4 Å². The average molecular weight is 348 g/mol. The van der Waals surface area contributed by atoms with E-state index in [0.717, 1.165) is 24.3 Å². The molecule has 2 fully saturated rings. The highest BCUT2D eigenvalue weighted by Crippen LogP contribution is 2.50. The second kappa shape index (κ2) is 5.51. The van der Waals surface area contributed by atoms with Gasteiger partial charge in [0.25, 0.3) is 5.92 Å².